The highest BCUT2D eigenvalue weighted by Gasteiger charge is 2.31. The van der Waals surface area contributed by atoms with E-state index in [0.717, 1.165) is 36.5 Å². The Morgan fingerprint density at radius 3 is 2.47 bits per heavy atom. The van der Waals surface area contributed by atoms with Gasteiger partial charge in [-0.15, -0.1) is 0 Å². The zero-order valence-electron chi connectivity index (χ0n) is 10.9. The summed E-state index contributed by atoms with van der Waals surface area (Å²) in [4.78, 5) is 0. The van der Waals surface area contributed by atoms with Gasteiger partial charge < -0.3 is 5.11 Å². The van der Waals surface area contributed by atoms with E-state index in [1.165, 1.54) is 19.3 Å². The Bertz CT molecular complexity index is 176. The van der Waals surface area contributed by atoms with Crippen molar-refractivity contribution in [1.82, 2.24) is 0 Å². The van der Waals surface area contributed by atoms with Crippen LogP contribution in [0.5, 0.6) is 0 Å². The van der Waals surface area contributed by atoms with Crippen LogP contribution in [0, 0.1) is 23.7 Å². The van der Waals surface area contributed by atoms with Crippen LogP contribution in [-0.4, -0.2) is 11.2 Å². The number of hydrogen-bond acceptors (Lipinski definition) is 1. The van der Waals surface area contributed by atoms with E-state index < -0.39 is 0 Å². The third-order valence-electron chi connectivity index (χ3n) is 4.21. The summed E-state index contributed by atoms with van der Waals surface area (Å²) in [7, 11) is 0. The van der Waals surface area contributed by atoms with Crippen molar-refractivity contribution >= 4 is 0 Å². The van der Waals surface area contributed by atoms with Gasteiger partial charge in [-0.1, -0.05) is 34.1 Å². The summed E-state index contributed by atoms with van der Waals surface area (Å²) in [6.45, 7) is 9.13. The summed E-state index contributed by atoms with van der Waals surface area (Å²) in [6, 6.07) is 0. The first-order chi connectivity index (χ1) is 7.04. The van der Waals surface area contributed by atoms with E-state index >= 15 is 0 Å². The average Bonchev–Trinajstić information content (AvgIpc) is 2.17. The van der Waals surface area contributed by atoms with E-state index in [1.807, 2.05) is 0 Å². The van der Waals surface area contributed by atoms with Crippen LogP contribution in [0.3, 0.4) is 0 Å². The van der Waals surface area contributed by atoms with Gasteiger partial charge in [0.1, 0.15) is 0 Å². The van der Waals surface area contributed by atoms with Crippen LogP contribution < -0.4 is 0 Å². The SMILES string of the molecule is CCC(O)CC1CC(C)CCC1C(C)C. The fourth-order valence-electron chi connectivity index (χ4n) is 3.19. The topological polar surface area (TPSA) is 20.2 Å². The Morgan fingerprint density at radius 1 is 1.27 bits per heavy atom. The fourth-order valence-corrected chi connectivity index (χ4v) is 3.19. The molecule has 1 heteroatoms. The summed E-state index contributed by atoms with van der Waals surface area (Å²) >= 11 is 0. The molecule has 15 heavy (non-hydrogen) atoms. The lowest BCUT2D eigenvalue weighted by Gasteiger charge is -2.38. The molecule has 90 valence electrons. The predicted octanol–water partition coefficient (Wildman–Crippen LogP) is 3.86. The van der Waals surface area contributed by atoms with Gasteiger partial charge in [-0.3, -0.25) is 0 Å². The summed E-state index contributed by atoms with van der Waals surface area (Å²) in [5.74, 6) is 3.27. The number of aliphatic hydroxyl groups is 1. The van der Waals surface area contributed by atoms with Gasteiger partial charge in [-0.25, -0.2) is 0 Å². The minimum Gasteiger partial charge on any atom is -0.393 e. The molecule has 4 atom stereocenters. The second-order valence-electron chi connectivity index (χ2n) is 5.88. The molecule has 0 aromatic carbocycles. The van der Waals surface area contributed by atoms with E-state index in [2.05, 4.69) is 27.7 Å². The molecular weight excluding hydrogens is 184 g/mol. The Hall–Kier alpha value is -0.0400. The standard InChI is InChI=1S/C14H28O/c1-5-13(15)9-12-8-11(4)6-7-14(12)10(2)3/h10-15H,5-9H2,1-4H3. The van der Waals surface area contributed by atoms with Gasteiger partial charge >= 0.3 is 0 Å². The zero-order valence-corrected chi connectivity index (χ0v) is 10.9. The molecule has 4 unspecified atom stereocenters. The number of rotatable bonds is 4. The number of aliphatic hydroxyl groups excluding tert-OH is 1. The summed E-state index contributed by atoms with van der Waals surface area (Å²) in [5.41, 5.74) is 0. The maximum atomic E-state index is 9.80. The second kappa shape index (κ2) is 5.89. The molecule has 0 spiro atoms. The predicted molar refractivity (Wildman–Crippen MR) is 65.7 cm³/mol. The molecule has 1 aliphatic carbocycles. The first kappa shape index (κ1) is 13.0. The van der Waals surface area contributed by atoms with E-state index in [0.29, 0.717) is 0 Å². The Kier molecular flexibility index (Phi) is 5.11. The van der Waals surface area contributed by atoms with Gasteiger partial charge in [0.15, 0.2) is 0 Å². The molecule has 0 amide bonds. The van der Waals surface area contributed by atoms with Gasteiger partial charge in [-0.05, 0) is 49.4 Å². The van der Waals surface area contributed by atoms with Crippen molar-refractivity contribution in [3.63, 3.8) is 0 Å². The van der Waals surface area contributed by atoms with Crippen molar-refractivity contribution in [3.05, 3.63) is 0 Å². The lowest BCUT2D eigenvalue weighted by molar-refractivity contribution is 0.0710. The summed E-state index contributed by atoms with van der Waals surface area (Å²) < 4.78 is 0. The molecular formula is C14H28O. The van der Waals surface area contributed by atoms with Crippen molar-refractivity contribution in [2.75, 3.05) is 0 Å². The van der Waals surface area contributed by atoms with Crippen LogP contribution in [-0.2, 0) is 0 Å². The highest BCUT2D eigenvalue weighted by molar-refractivity contribution is 4.81. The van der Waals surface area contributed by atoms with Crippen LogP contribution in [0.15, 0.2) is 0 Å². The molecule has 1 nitrogen and oxygen atoms in total. The van der Waals surface area contributed by atoms with Crippen LogP contribution in [0.25, 0.3) is 0 Å². The molecule has 0 bridgehead atoms. The van der Waals surface area contributed by atoms with Gasteiger partial charge in [-0.2, -0.15) is 0 Å². The molecule has 0 aliphatic heterocycles. The molecule has 1 N–H and O–H groups in total. The molecule has 0 aromatic rings. The van der Waals surface area contributed by atoms with Crippen molar-refractivity contribution < 1.29 is 5.11 Å². The van der Waals surface area contributed by atoms with E-state index in [9.17, 15) is 5.11 Å². The molecule has 1 aliphatic rings. The summed E-state index contributed by atoms with van der Waals surface area (Å²) in [6.07, 6.45) is 5.97. The van der Waals surface area contributed by atoms with Gasteiger partial charge in [0.25, 0.3) is 0 Å². The zero-order chi connectivity index (χ0) is 11.4. The molecule has 1 saturated carbocycles. The minimum absolute atomic E-state index is 0.0680. The second-order valence-corrected chi connectivity index (χ2v) is 5.88. The molecule has 1 rings (SSSR count). The molecule has 1 fully saturated rings. The third-order valence-corrected chi connectivity index (χ3v) is 4.21. The molecule has 0 aromatic heterocycles. The smallest absolute Gasteiger partial charge is 0.0540 e. The van der Waals surface area contributed by atoms with E-state index in [1.54, 1.807) is 0 Å². The van der Waals surface area contributed by atoms with E-state index in [4.69, 9.17) is 0 Å². The van der Waals surface area contributed by atoms with Crippen molar-refractivity contribution in [3.8, 4) is 0 Å². The third kappa shape index (κ3) is 3.79. The molecule has 0 heterocycles. The van der Waals surface area contributed by atoms with E-state index in [-0.39, 0.29) is 6.10 Å². The number of hydrogen-bond donors (Lipinski definition) is 1. The highest BCUT2D eigenvalue weighted by Crippen LogP contribution is 2.40. The molecule has 0 radical (unpaired) electrons. The Morgan fingerprint density at radius 2 is 1.93 bits per heavy atom. The fraction of sp³-hybridized carbons (Fsp3) is 1.00. The average molecular weight is 212 g/mol. The normalized spacial score (nSPS) is 34.4. The van der Waals surface area contributed by atoms with Gasteiger partial charge in [0.05, 0.1) is 6.10 Å². The minimum atomic E-state index is -0.0680. The summed E-state index contributed by atoms with van der Waals surface area (Å²) in [5, 5.41) is 9.80. The van der Waals surface area contributed by atoms with Crippen LogP contribution >= 0.6 is 0 Å². The lowest BCUT2D eigenvalue weighted by atomic mass is 9.68. The Labute approximate surface area is 95.3 Å². The monoisotopic (exact) mass is 212 g/mol. The lowest BCUT2D eigenvalue weighted by Crippen LogP contribution is -2.30. The van der Waals surface area contributed by atoms with Crippen LogP contribution in [0.1, 0.15) is 59.8 Å². The van der Waals surface area contributed by atoms with Crippen molar-refractivity contribution in [2.24, 2.45) is 23.7 Å². The largest absolute Gasteiger partial charge is 0.393 e. The quantitative estimate of drug-likeness (QED) is 0.750. The maximum absolute atomic E-state index is 9.80. The van der Waals surface area contributed by atoms with Gasteiger partial charge in [0, 0.05) is 0 Å². The van der Waals surface area contributed by atoms with Gasteiger partial charge in [0.2, 0.25) is 0 Å². The molecule has 0 saturated heterocycles. The first-order valence-corrected chi connectivity index (χ1v) is 6.72. The van der Waals surface area contributed by atoms with Crippen molar-refractivity contribution in [2.45, 2.75) is 65.9 Å². The van der Waals surface area contributed by atoms with Crippen molar-refractivity contribution in [1.29, 1.82) is 0 Å². The Balaban J connectivity index is 2.54. The van der Waals surface area contributed by atoms with Crippen LogP contribution in [0.4, 0.5) is 0 Å². The maximum Gasteiger partial charge on any atom is 0.0540 e. The first-order valence-electron chi connectivity index (χ1n) is 6.72. The highest BCUT2D eigenvalue weighted by atomic mass is 16.3. The van der Waals surface area contributed by atoms with Crippen LogP contribution in [0.2, 0.25) is 0 Å².